The van der Waals surface area contributed by atoms with Crippen LogP contribution in [0, 0.1) is 6.92 Å². The van der Waals surface area contributed by atoms with Gasteiger partial charge < -0.3 is 14.5 Å². The van der Waals surface area contributed by atoms with Gasteiger partial charge in [0.05, 0.1) is 7.11 Å². The number of aryl methyl sites for hydroxylation is 2. The molecule has 0 saturated heterocycles. The first-order valence-electron chi connectivity index (χ1n) is 9.03. The molecule has 1 unspecified atom stereocenters. The van der Waals surface area contributed by atoms with Gasteiger partial charge >= 0.3 is 0 Å². The van der Waals surface area contributed by atoms with Crippen LogP contribution in [0.3, 0.4) is 0 Å². The number of hydrogen-bond donors (Lipinski definition) is 1. The minimum atomic E-state index is -0.208. The Balaban J connectivity index is 1.58. The molecule has 1 aromatic heterocycles. The van der Waals surface area contributed by atoms with Crippen LogP contribution in [-0.2, 0) is 6.42 Å². The van der Waals surface area contributed by atoms with Crippen LogP contribution in [-0.4, -0.2) is 24.0 Å². The highest BCUT2D eigenvalue weighted by atomic mass is 16.5. The molecule has 0 aliphatic rings. The number of ether oxygens (including phenoxy) is 1. The summed E-state index contributed by atoms with van der Waals surface area (Å²) in [4.78, 5) is 16.9. The fourth-order valence-corrected chi connectivity index (χ4v) is 2.85. The molecule has 5 heteroatoms. The molecule has 3 aromatic rings. The first-order valence-corrected chi connectivity index (χ1v) is 9.03. The number of amides is 1. The van der Waals surface area contributed by atoms with Gasteiger partial charge in [-0.2, -0.15) is 0 Å². The van der Waals surface area contributed by atoms with Crippen molar-refractivity contribution in [3.05, 3.63) is 71.6 Å². The number of carbonyl (C=O) groups excluding carboxylic acids is 1. The van der Waals surface area contributed by atoms with E-state index in [1.54, 1.807) is 14.0 Å². The zero-order valence-electron chi connectivity index (χ0n) is 15.9. The third kappa shape index (κ3) is 4.76. The lowest BCUT2D eigenvalue weighted by Crippen LogP contribution is -2.33. The third-order valence-corrected chi connectivity index (χ3v) is 4.43. The molecule has 2 aromatic carbocycles. The first-order chi connectivity index (χ1) is 13.1. The number of oxazole rings is 1. The minimum Gasteiger partial charge on any atom is -0.497 e. The van der Waals surface area contributed by atoms with Crippen LogP contribution < -0.4 is 10.1 Å². The number of nitrogens with zero attached hydrogens (tertiary/aromatic N) is 1. The zero-order chi connectivity index (χ0) is 19.2. The van der Waals surface area contributed by atoms with Crippen LogP contribution in [0.4, 0.5) is 0 Å². The van der Waals surface area contributed by atoms with Crippen molar-refractivity contribution < 1.29 is 13.9 Å². The van der Waals surface area contributed by atoms with E-state index in [0.717, 1.165) is 24.2 Å². The van der Waals surface area contributed by atoms with Crippen LogP contribution in [0.15, 0.2) is 59.0 Å². The topological polar surface area (TPSA) is 64.4 Å². The number of aromatic nitrogens is 1. The lowest BCUT2D eigenvalue weighted by molar-refractivity contribution is 0.0932. The van der Waals surface area contributed by atoms with Crippen molar-refractivity contribution in [2.75, 3.05) is 7.11 Å². The summed E-state index contributed by atoms with van der Waals surface area (Å²) in [6.45, 7) is 3.76. The van der Waals surface area contributed by atoms with Gasteiger partial charge in [-0.25, -0.2) is 4.98 Å². The number of rotatable bonds is 7. The predicted octanol–water partition coefficient (Wildman–Crippen LogP) is 4.41. The number of benzene rings is 2. The van der Waals surface area contributed by atoms with E-state index in [1.807, 2.05) is 61.5 Å². The van der Waals surface area contributed by atoms with E-state index in [1.165, 1.54) is 5.56 Å². The summed E-state index contributed by atoms with van der Waals surface area (Å²) in [5, 5.41) is 3.01. The molecule has 1 N–H and O–H groups in total. The van der Waals surface area contributed by atoms with Gasteiger partial charge in [0.15, 0.2) is 5.69 Å². The molecule has 0 bridgehead atoms. The van der Waals surface area contributed by atoms with Gasteiger partial charge in [-0.3, -0.25) is 4.79 Å². The Morgan fingerprint density at radius 3 is 2.52 bits per heavy atom. The molecule has 1 atom stereocenters. The van der Waals surface area contributed by atoms with Crippen molar-refractivity contribution in [1.29, 1.82) is 0 Å². The van der Waals surface area contributed by atoms with Crippen LogP contribution in [0.5, 0.6) is 5.75 Å². The van der Waals surface area contributed by atoms with Crippen molar-refractivity contribution in [3.63, 3.8) is 0 Å². The zero-order valence-corrected chi connectivity index (χ0v) is 15.9. The molecule has 0 radical (unpaired) electrons. The third-order valence-electron chi connectivity index (χ3n) is 4.43. The van der Waals surface area contributed by atoms with Crippen molar-refractivity contribution in [2.45, 2.75) is 32.7 Å². The Labute approximate surface area is 159 Å². The quantitative estimate of drug-likeness (QED) is 0.674. The standard InChI is InChI=1S/C22H24N2O3/c1-15(9-10-17-11-13-19(26-3)14-12-17)23-21(25)20-16(2)27-22(24-20)18-7-5-4-6-8-18/h4-8,11-15H,9-10H2,1-3H3,(H,23,25). The molecule has 0 fully saturated rings. The highest BCUT2D eigenvalue weighted by Crippen LogP contribution is 2.21. The van der Waals surface area contributed by atoms with E-state index < -0.39 is 0 Å². The van der Waals surface area contributed by atoms with Gasteiger partial charge in [-0.05, 0) is 56.5 Å². The Hall–Kier alpha value is -3.08. The van der Waals surface area contributed by atoms with Gasteiger partial charge in [-0.15, -0.1) is 0 Å². The predicted molar refractivity (Wildman–Crippen MR) is 105 cm³/mol. The van der Waals surface area contributed by atoms with Gasteiger partial charge in [-0.1, -0.05) is 30.3 Å². The summed E-state index contributed by atoms with van der Waals surface area (Å²) < 4.78 is 10.8. The lowest BCUT2D eigenvalue weighted by atomic mass is 10.1. The summed E-state index contributed by atoms with van der Waals surface area (Å²) in [7, 11) is 1.65. The van der Waals surface area contributed by atoms with E-state index in [2.05, 4.69) is 10.3 Å². The maximum absolute atomic E-state index is 12.6. The van der Waals surface area contributed by atoms with Gasteiger partial charge in [0.25, 0.3) is 5.91 Å². The normalized spacial score (nSPS) is 11.8. The van der Waals surface area contributed by atoms with Gasteiger partial charge in [0, 0.05) is 11.6 Å². The fourth-order valence-electron chi connectivity index (χ4n) is 2.85. The second-order valence-electron chi connectivity index (χ2n) is 6.55. The molecular weight excluding hydrogens is 340 g/mol. The average Bonchev–Trinajstić information content (AvgIpc) is 3.09. The van der Waals surface area contributed by atoms with E-state index >= 15 is 0 Å². The molecule has 0 saturated carbocycles. The lowest BCUT2D eigenvalue weighted by Gasteiger charge is -2.13. The Kier molecular flexibility index (Phi) is 5.91. The van der Waals surface area contributed by atoms with Crippen molar-refractivity contribution in [1.82, 2.24) is 10.3 Å². The largest absolute Gasteiger partial charge is 0.497 e. The molecule has 0 aliphatic heterocycles. The molecule has 27 heavy (non-hydrogen) atoms. The highest BCUT2D eigenvalue weighted by molar-refractivity contribution is 5.93. The van der Waals surface area contributed by atoms with Gasteiger partial charge in [0.2, 0.25) is 5.89 Å². The summed E-state index contributed by atoms with van der Waals surface area (Å²) >= 11 is 0. The number of hydrogen-bond acceptors (Lipinski definition) is 4. The van der Waals surface area contributed by atoms with E-state index in [0.29, 0.717) is 17.3 Å². The molecule has 5 nitrogen and oxygen atoms in total. The Bertz CT molecular complexity index is 886. The average molecular weight is 364 g/mol. The minimum absolute atomic E-state index is 0.0240. The van der Waals surface area contributed by atoms with Gasteiger partial charge in [0.1, 0.15) is 11.5 Å². The monoisotopic (exact) mass is 364 g/mol. The fraction of sp³-hybridized carbons (Fsp3) is 0.273. The molecule has 3 rings (SSSR count). The smallest absolute Gasteiger partial charge is 0.273 e. The molecule has 140 valence electrons. The summed E-state index contributed by atoms with van der Waals surface area (Å²) in [6.07, 6.45) is 1.71. The first kappa shape index (κ1) is 18.7. The van der Waals surface area contributed by atoms with Crippen LogP contribution in [0.25, 0.3) is 11.5 Å². The number of carbonyl (C=O) groups is 1. The molecular formula is C22H24N2O3. The highest BCUT2D eigenvalue weighted by Gasteiger charge is 2.19. The maximum atomic E-state index is 12.6. The van der Waals surface area contributed by atoms with E-state index in [4.69, 9.17) is 9.15 Å². The van der Waals surface area contributed by atoms with Crippen LogP contribution in [0.1, 0.15) is 35.2 Å². The molecule has 1 heterocycles. The Morgan fingerprint density at radius 2 is 1.85 bits per heavy atom. The van der Waals surface area contributed by atoms with Crippen molar-refractivity contribution in [2.24, 2.45) is 0 Å². The van der Waals surface area contributed by atoms with E-state index in [-0.39, 0.29) is 11.9 Å². The molecule has 1 amide bonds. The van der Waals surface area contributed by atoms with E-state index in [9.17, 15) is 4.79 Å². The molecule has 0 spiro atoms. The van der Waals surface area contributed by atoms with Crippen LogP contribution >= 0.6 is 0 Å². The number of nitrogens with one attached hydrogen (secondary N) is 1. The van der Waals surface area contributed by atoms with Crippen molar-refractivity contribution >= 4 is 5.91 Å². The summed E-state index contributed by atoms with van der Waals surface area (Å²) in [5.74, 6) is 1.62. The molecule has 0 aliphatic carbocycles. The number of methoxy groups -OCH3 is 1. The second kappa shape index (κ2) is 8.54. The van der Waals surface area contributed by atoms with Crippen molar-refractivity contribution in [3.8, 4) is 17.2 Å². The summed E-state index contributed by atoms with van der Waals surface area (Å²) in [6, 6.07) is 17.6. The maximum Gasteiger partial charge on any atom is 0.273 e. The summed E-state index contributed by atoms with van der Waals surface area (Å²) in [5.41, 5.74) is 2.40. The SMILES string of the molecule is COc1ccc(CCC(C)NC(=O)c2nc(-c3ccccc3)oc2C)cc1. The Morgan fingerprint density at radius 1 is 1.15 bits per heavy atom. The second-order valence-corrected chi connectivity index (χ2v) is 6.55. The van der Waals surface area contributed by atoms with Crippen LogP contribution in [0.2, 0.25) is 0 Å².